The summed E-state index contributed by atoms with van der Waals surface area (Å²) in [6, 6.07) is 10.3. The Morgan fingerprint density at radius 3 is 2.42 bits per heavy atom. The number of rotatable bonds is 9. The van der Waals surface area contributed by atoms with Crippen molar-refractivity contribution in [1.82, 2.24) is 20.3 Å². The Morgan fingerprint density at radius 1 is 1.08 bits per heavy atom. The van der Waals surface area contributed by atoms with Crippen molar-refractivity contribution in [2.45, 2.75) is 13.8 Å². The van der Waals surface area contributed by atoms with Gasteiger partial charge in [-0.05, 0) is 41.5 Å². The van der Waals surface area contributed by atoms with Gasteiger partial charge in [-0.15, -0.1) is 0 Å². The number of carbonyl (C=O) groups is 1. The van der Waals surface area contributed by atoms with E-state index in [4.69, 9.17) is 9.47 Å². The van der Waals surface area contributed by atoms with Gasteiger partial charge < -0.3 is 9.47 Å². The van der Waals surface area contributed by atoms with Crippen LogP contribution in [-0.4, -0.2) is 44.5 Å². The molecule has 0 unspecified atom stereocenters. The summed E-state index contributed by atoms with van der Waals surface area (Å²) in [5.74, 6) is -0.640. The number of hydrazone groups is 1. The third kappa shape index (κ3) is 5.24. The zero-order chi connectivity index (χ0) is 25.7. The summed E-state index contributed by atoms with van der Waals surface area (Å²) in [6.45, 7) is 3.14. The summed E-state index contributed by atoms with van der Waals surface area (Å²) in [6.07, 6.45) is 1.18. The molecule has 0 spiro atoms. The van der Waals surface area contributed by atoms with E-state index >= 15 is 0 Å². The van der Waals surface area contributed by atoms with Crippen LogP contribution in [0.5, 0.6) is 11.5 Å². The quantitative estimate of drug-likeness (QED) is 0.101. The Labute approximate surface area is 202 Å². The lowest BCUT2D eigenvalue weighted by atomic mass is 10.1. The lowest BCUT2D eigenvalue weighted by Gasteiger charge is -2.12. The Kier molecular flexibility index (Phi) is 6.80. The number of anilines is 3. The summed E-state index contributed by atoms with van der Waals surface area (Å²) in [5.41, 5.74) is 10.3. The van der Waals surface area contributed by atoms with Crippen molar-refractivity contribution >= 4 is 46.5 Å². The number of hydrazine groups is 1. The molecule has 4 aromatic rings. The highest BCUT2D eigenvalue weighted by Crippen LogP contribution is 2.39. The average Bonchev–Trinajstić information content (AvgIpc) is 3.30. The molecule has 0 saturated heterocycles. The van der Waals surface area contributed by atoms with Crippen molar-refractivity contribution in [3.63, 3.8) is 0 Å². The molecule has 0 radical (unpaired) electrons. The van der Waals surface area contributed by atoms with E-state index in [1.54, 1.807) is 0 Å². The molecule has 15 nitrogen and oxygen atoms in total. The minimum atomic E-state index is -0.668. The number of nitro groups is 1. The fourth-order valence-electron chi connectivity index (χ4n) is 3.03. The summed E-state index contributed by atoms with van der Waals surface area (Å²) >= 11 is 0. The van der Waals surface area contributed by atoms with Crippen LogP contribution >= 0.6 is 0 Å². The second kappa shape index (κ2) is 10.3. The van der Waals surface area contributed by atoms with E-state index in [2.05, 4.69) is 46.3 Å². The number of aromatic nitrogens is 4. The van der Waals surface area contributed by atoms with Crippen LogP contribution in [0.4, 0.5) is 23.0 Å². The molecular formula is C21H19N9O6. The van der Waals surface area contributed by atoms with E-state index < -0.39 is 16.6 Å². The molecule has 0 aliphatic heterocycles. The number of fused-ring (bicyclic) bond motifs is 1. The first-order chi connectivity index (χ1) is 17.4. The summed E-state index contributed by atoms with van der Waals surface area (Å²) in [4.78, 5) is 30.9. The standard InChI is InChI=1S/C21H19N9O6/c1-11-4-7-14(8-5-11)25-27-19-18(23-20-21(24-19)29-36-28-20)26-22-10-13-6-9-15(35-12(2)31)17(34-3)16(13)30(32)33/h4-10,25H,1-3H3,(H,23,26,28)(H,24,27,29)/b22-10+. The van der Waals surface area contributed by atoms with E-state index in [1.165, 1.54) is 32.4 Å². The first-order valence-corrected chi connectivity index (χ1v) is 10.3. The van der Waals surface area contributed by atoms with Gasteiger partial charge in [0.1, 0.15) is 0 Å². The average molecular weight is 493 g/mol. The predicted octanol–water partition coefficient (Wildman–Crippen LogP) is 3.05. The van der Waals surface area contributed by atoms with Crippen LogP contribution in [0.1, 0.15) is 18.1 Å². The maximum absolute atomic E-state index is 11.7. The number of carbonyl (C=O) groups excluding carboxylic acids is 1. The van der Waals surface area contributed by atoms with Crippen molar-refractivity contribution in [1.29, 1.82) is 0 Å². The second-order valence-corrected chi connectivity index (χ2v) is 7.20. The van der Waals surface area contributed by atoms with Gasteiger partial charge in [-0.1, -0.05) is 17.7 Å². The maximum atomic E-state index is 11.7. The van der Waals surface area contributed by atoms with Crippen LogP contribution in [-0.2, 0) is 4.79 Å². The fourth-order valence-corrected chi connectivity index (χ4v) is 3.03. The molecule has 3 N–H and O–H groups in total. The third-order valence-corrected chi connectivity index (χ3v) is 4.63. The number of hydrogen-bond donors (Lipinski definition) is 3. The predicted molar refractivity (Wildman–Crippen MR) is 128 cm³/mol. The van der Waals surface area contributed by atoms with E-state index in [-0.39, 0.29) is 40.0 Å². The number of esters is 1. The molecule has 0 atom stereocenters. The van der Waals surface area contributed by atoms with Crippen LogP contribution in [0.15, 0.2) is 46.1 Å². The van der Waals surface area contributed by atoms with Gasteiger partial charge in [0.25, 0.3) is 0 Å². The first-order valence-electron chi connectivity index (χ1n) is 10.3. The molecule has 0 fully saturated rings. The molecule has 0 aliphatic carbocycles. The molecule has 0 saturated carbocycles. The molecule has 2 aromatic heterocycles. The minimum Gasteiger partial charge on any atom is -0.488 e. The molecule has 0 bridgehead atoms. The molecular weight excluding hydrogens is 474 g/mol. The van der Waals surface area contributed by atoms with E-state index in [1.807, 2.05) is 31.2 Å². The largest absolute Gasteiger partial charge is 0.488 e. The monoisotopic (exact) mass is 493 g/mol. The lowest BCUT2D eigenvalue weighted by Crippen LogP contribution is -2.13. The van der Waals surface area contributed by atoms with E-state index in [9.17, 15) is 14.9 Å². The van der Waals surface area contributed by atoms with Gasteiger partial charge >= 0.3 is 11.7 Å². The smallest absolute Gasteiger partial charge is 0.323 e. The summed E-state index contributed by atoms with van der Waals surface area (Å²) in [5, 5.41) is 23.1. The molecule has 2 aromatic carbocycles. The molecule has 15 heteroatoms. The van der Waals surface area contributed by atoms with Crippen LogP contribution < -0.4 is 25.8 Å². The van der Waals surface area contributed by atoms with E-state index in [0.29, 0.717) is 0 Å². The number of methoxy groups -OCH3 is 1. The van der Waals surface area contributed by atoms with Gasteiger partial charge in [0.2, 0.25) is 17.0 Å². The Bertz CT molecular complexity index is 1450. The number of nitrogens with zero attached hydrogens (tertiary/aromatic N) is 6. The van der Waals surface area contributed by atoms with Crippen LogP contribution in [0.3, 0.4) is 0 Å². The lowest BCUT2D eigenvalue weighted by molar-refractivity contribution is -0.385. The third-order valence-electron chi connectivity index (χ3n) is 4.63. The maximum Gasteiger partial charge on any atom is 0.323 e. The number of nitro benzene ring substituents is 1. The number of aryl methyl sites for hydroxylation is 1. The Morgan fingerprint density at radius 2 is 1.78 bits per heavy atom. The normalized spacial score (nSPS) is 10.9. The molecule has 2 heterocycles. The van der Waals surface area contributed by atoms with Gasteiger partial charge in [-0.25, -0.2) is 4.63 Å². The van der Waals surface area contributed by atoms with Gasteiger partial charge in [0.15, 0.2) is 17.4 Å². The first kappa shape index (κ1) is 23.8. The second-order valence-electron chi connectivity index (χ2n) is 7.20. The van der Waals surface area contributed by atoms with Crippen molar-refractivity contribution in [3.8, 4) is 11.5 Å². The van der Waals surface area contributed by atoms with Crippen LogP contribution in [0, 0.1) is 17.0 Å². The van der Waals surface area contributed by atoms with Crippen molar-refractivity contribution in [2.75, 3.05) is 23.4 Å². The van der Waals surface area contributed by atoms with Crippen LogP contribution in [0.25, 0.3) is 11.3 Å². The van der Waals surface area contributed by atoms with Crippen molar-refractivity contribution in [2.24, 2.45) is 5.10 Å². The highest BCUT2D eigenvalue weighted by atomic mass is 16.6. The minimum absolute atomic E-state index is 0.0738. The fraction of sp³-hybridized carbons (Fsp3) is 0.143. The Balaban J connectivity index is 1.61. The molecule has 0 aliphatic rings. The van der Waals surface area contributed by atoms with Gasteiger partial charge in [0.05, 0.1) is 29.5 Å². The number of benzene rings is 2. The zero-order valence-corrected chi connectivity index (χ0v) is 19.2. The van der Waals surface area contributed by atoms with Crippen molar-refractivity contribution < 1.29 is 23.8 Å². The zero-order valence-electron chi connectivity index (χ0n) is 19.2. The van der Waals surface area contributed by atoms with Crippen molar-refractivity contribution in [3.05, 3.63) is 57.6 Å². The van der Waals surface area contributed by atoms with Gasteiger partial charge in [-0.2, -0.15) is 15.1 Å². The highest BCUT2D eigenvalue weighted by molar-refractivity contribution is 5.89. The topological polar surface area (TPSA) is 192 Å². The molecule has 36 heavy (non-hydrogen) atoms. The van der Waals surface area contributed by atoms with Gasteiger partial charge in [0, 0.05) is 6.92 Å². The summed E-state index contributed by atoms with van der Waals surface area (Å²) < 4.78 is 14.8. The van der Waals surface area contributed by atoms with Crippen LogP contribution in [0.2, 0.25) is 0 Å². The molecule has 0 amide bonds. The molecule has 184 valence electrons. The van der Waals surface area contributed by atoms with E-state index in [0.717, 1.165) is 11.3 Å². The molecule has 4 rings (SSSR count). The summed E-state index contributed by atoms with van der Waals surface area (Å²) in [7, 11) is 1.23. The number of hydrogen-bond acceptors (Lipinski definition) is 14. The van der Waals surface area contributed by atoms with Gasteiger partial charge in [-0.3, -0.25) is 31.2 Å². The SMILES string of the molecule is COc1c(OC(C)=O)ccc(/C=N/Nc2nc3nonc3nc2NNc2ccc(C)cc2)c1[N+](=O)[O-]. The number of ether oxygens (including phenoxy) is 2. The highest BCUT2D eigenvalue weighted by Gasteiger charge is 2.25. The Hall–Kier alpha value is -5.34. The number of nitrogens with one attached hydrogen (secondary N) is 3.